The average Bonchev–Trinajstić information content (AvgIpc) is 2.93. The number of carbonyl (C=O) groups is 2. The van der Waals surface area contributed by atoms with Crippen LogP contribution in [0.15, 0.2) is 103 Å². The fourth-order valence-corrected chi connectivity index (χ4v) is 3.54. The molecule has 0 saturated carbocycles. The first-order valence-corrected chi connectivity index (χ1v) is 11.6. The number of ether oxygens (including phenoxy) is 2. The molecule has 8 heteroatoms. The second-order valence-corrected chi connectivity index (χ2v) is 7.96. The lowest BCUT2D eigenvalue weighted by molar-refractivity contribution is 0.0954. The highest BCUT2D eigenvalue weighted by Gasteiger charge is 2.18. The molecule has 188 valence electrons. The average molecular weight is 500 g/mol. The van der Waals surface area contributed by atoms with Crippen LogP contribution in [-0.2, 0) is 0 Å². The van der Waals surface area contributed by atoms with Crippen molar-refractivity contribution in [1.82, 2.24) is 5.32 Å². The zero-order valence-corrected chi connectivity index (χ0v) is 20.2. The van der Waals surface area contributed by atoms with Crippen molar-refractivity contribution >= 4 is 23.3 Å². The van der Waals surface area contributed by atoms with Crippen LogP contribution in [0.2, 0.25) is 0 Å². The van der Waals surface area contributed by atoms with Gasteiger partial charge in [-0.05, 0) is 72.8 Å². The van der Waals surface area contributed by atoms with Crippen LogP contribution in [0.1, 0.15) is 10.4 Å². The number of carbonyl (C=O) groups excluding carboxylic acids is 2. The maximum Gasteiger partial charge on any atom is 0.326 e. The van der Waals surface area contributed by atoms with E-state index in [1.165, 1.54) is 17.0 Å². The Hall–Kier alpha value is -4.85. The molecule has 0 aliphatic carbocycles. The molecule has 4 aromatic carbocycles. The number of benzene rings is 4. The van der Waals surface area contributed by atoms with E-state index < -0.39 is 11.8 Å². The first kappa shape index (κ1) is 25.2. The van der Waals surface area contributed by atoms with E-state index in [1.54, 1.807) is 67.8 Å². The van der Waals surface area contributed by atoms with E-state index in [-0.39, 0.29) is 24.7 Å². The summed E-state index contributed by atoms with van der Waals surface area (Å²) in [5, 5.41) is 5.41. The van der Waals surface area contributed by atoms with E-state index in [9.17, 15) is 14.0 Å². The number of anilines is 2. The molecule has 3 amide bonds. The third-order valence-electron chi connectivity index (χ3n) is 5.46. The number of nitrogens with zero attached hydrogens (tertiary/aromatic N) is 1. The summed E-state index contributed by atoms with van der Waals surface area (Å²) in [5.74, 6) is 1.09. The fourth-order valence-electron chi connectivity index (χ4n) is 3.54. The van der Waals surface area contributed by atoms with Crippen molar-refractivity contribution in [3.8, 4) is 17.2 Å². The number of halogens is 1. The Bertz CT molecular complexity index is 1330. The van der Waals surface area contributed by atoms with Crippen molar-refractivity contribution in [3.63, 3.8) is 0 Å². The summed E-state index contributed by atoms with van der Waals surface area (Å²) in [5.41, 5.74) is 1.07. The molecule has 0 aromatic heterocycles. The minimum Gasteiger partial charge on any atom is -0.497 e. The molecule has 0 aliphatic heterocycles. The summed E-state index contributed by atoms with van der Waals surface area (Å²) in [6.45, 7) is 0.304. The van der Waals surface area contributed by atoms with Gasteiger partial charge >= 0.3 is 6.03 Å². The molecule has 7 nitrogen and oxygen atoms in total. The number of para-hydroxylation sites is 2. The third kappa shape index (κ3) is 6.85. The number of hydrogen-bond acceptors (Lipinski definition) is 4. The normalized spacial score (nSPS) is 10.3. The van der Waals surface area contributed by atoms with Crippen LogP contribution in [0.5, 0.6) is 17.2 Å². The molecule has 37 heavy (non-hydrogen) atoms. The smallest absolute Gasteiger partial charge is 0.326 e. The van der Waals surface area contributed by atoms with Crippen molar-refractivity contribution in [2.45, 2.75) is 0 Å². The van der Waals surface area contributed by atoms with E-state index >= 15 is 0 Å². The minimum absolute atomic E-state index is 0.0591. The molecule has 0 fully saturated rings. The van der Waals surface area contributed by atoms with Crippen molar-refractivity contribution in [2.75, 3.05) is 30.4 Å². The lowest BCUT2D eigenvalue weighted by Crippen LogP contribution is -2.41. The summed E-state index contributed by atoms with van der Waals surface area (Å²) >= 11 is 0. The SMILES string of the molecule is COc1ccc(C(=O)NCCN(C(=O)Nc2ccccc2F)c2ccc(Oc3ccccc3)cc2)cc1. The number of urea groups is 1. The largest absolute Gasteiger partial charge is 0.497 e. The van der Waals surface area contributed by atoms with Crippen LogP contribution in [-0.4, -0.2) is 32.1 Å². The number of rotatable bonds is 9. The first-order chi connectivity index (χ1) is 18.0. The zero-order chi connectivity index (χ0) is 26.0. The molecule has 0 bridgehead atoms. The van der Waals surface area contributed by atoms with Crippen LogP contribution in [0.3, 0.4) is 0 Å². The Kier molecular flexibility index (Phi) is 8.33. The van der Waals surface area contributed by atoms with Gasteiger partial charge in [0.05, 0.1) is 12.8 Å². The fraction of sp³-hybridized carbons (Fsp3) is 0.103. The molecule has 0 atom stereocenters. The Morgan fingerprint density at radius 3 is 2.08 bits per heavy atom. The molecule has 0 spiro atoms. The van der Waals surface area contributed by atoms with E-state index in [0.717, 1.165) is 0 Å². The van der Waals surface area contributed by atoms with Crippen LogP contribution >= 0.6 is 0 Å². The Morgan fingerprint density at radius 1 is 0.784 bits per heavy atom. The summed E-state index contributed by atoms with van der Waals surface area (Å²) < 4.78 is 25.1. The van der Waals surface area contributed by atoms with Gasteiger partial charge in [-0.3, -0.25) is 9.69 Å². The van der Waals surface area contributed by atoms with Gasteiger partial charge in [0.2, 0.25) is 0 Å². The molecule has 0 aliphatic rings. The summed E-state index contributed by atoms with van der Waals surface area (Å²) in [4.78, 5) is 27.1. The second-order valence-electron chi connectivity index (χ2n) is 7.96. The van der Waals surface area contributed by atoms with Crippen LogP contribution in [0.4, 0.5) is 20.6 Å². The molecular weight excluding hydrogens is 473 g/mol. The van der Waals surface area contributed by atoms with E-state index in [4.69, 9.17) is 9.47 Å². The van der Waals surface area contributed by atoms with E-state index in [0.29, 0.717) is 28.5 Å². The van der Waals surface area contributed by atoms with Crippen molar-refractivity contribution in [2.24, 2.45) is 0 Å². The van der Waals surface area contributed by atoms with Gasteiger partial charge in [-0.2, -0.15) is 0 Å². The number of amides is 3. The third-order valence-corrected chi connectivity index (χ3v) is 5.46. The van der Waals surface area contributed by atoms with Crippen molar-refractivity contribution in [3.05, 3.63) is 115 Å². The molecule has 2 N–H and O–H groups in total. The highest BCUT2D eigenvalue weighted by Crippen LogP contribution is 2.25. The number of hydrogen-bond donors (Lipinski definition) is 2. The van der Waals surface area contributed by atoms with Crippen LogP contribution in [0.25, 0.3) is 0 Å². The molecular formula is C29H26FN3O4. The van der Waals surface area contributed by atoms with Gasteiger partial charge in [0, 0.05) is 24.3 Å². The van der Waals surface area contributed by atoms with Gasteiger partial charge in [-0.15, -0.1) is 0 Å². The van der Waals surface area contributed by atoms with Gasteiger partial charge in [-0.1, -0.05) is 30.3 Å². The first-order valence-electron chi connectivity index (χ1n) is 11.6. The van der Waals surface area contributed by atoms with Gasteiger partial charge in [0.1, 0.15) is 23.1 Å². The second kappa shape index (κ2) is 12.2. The maximum atomic E-state index is 14.2. The maximum absolute atomic E-state index is 14.2. The quantitative estimate of drug-likeness (QED) is 0.292. The lowest BCUT2D eigenvalue weighted by Gasteiger charge is -2.24. The number of nitrogens with one attached hydrogen (secondary N) is 2. The standard InChI is InChI=1S/C29H26FN3O4/c1-36-23-15-11-21(12-16-23)28(34)31-19-20-33(29(35)32-27-10-6-5-9-26(27)30)22-13-17-25(18-14-22)37-24-7-3-2-4-8-24/h2-18H,19-20H2,1H3,(H,31,34)(H,32,35). The Morgan fingerprint density at radius 2 is 1.41 bits per heavy atom. The molecule has 0 saturated heterocycles. The highest BCUT2D eigenvalue weighted by atomic mass is 19.1. The number of methoxy groups -OCH3 is 1. The Balaban J connectivity index is 1.47. The van der Waals surface area contributed by atoms with Gasteiger partial charge < -0.3 is 20.1 Å². The molecule has 4 aromatic rings. The van der Waals surface area contributed by atoms with Crippen LogP contribution in [0, 0.1) is 5.82 Å². The van der Waals surface area contributed by atoms with E-state index in [1.807, 2.05) is 30.3 Å². The summed E-state index contributed by atoms with van der Waals surface area (Å²) in [6.07, 6.45) is 0. The minimum atomic E-state index is -0.546. The van der Waals surface area contributed by atoms with Crippen molar-refractivity contribution < 1.29 is 23.5 Å². The van der Waals surface area contributed by atoms with E-state index in [2.05, 4.69) is 10.6 Å². The van der Waals surface area contributed by atoms with Crippen molar-refractivity contribution in [1.29, 1.82) is 0 Å². The molecule has 0 unspecified atom stereocenters. The molecule has 0 heterocycles. The lowest BCUT2D eigenvalue weighted by atomic mass is 10.2. The predicted octanol–water partition coefficient (Wildman–Crippen LogP) is 6.10. The summed E-state index contributed by atoms with van der Waals surface area (Å²) in [6, 6.07) is 28.3. The molecule has 0 radical (unpaired) electrons. The predicted molar refractivity (Wildman–Crippen MR) is 141 cm³/mol. The van der Waals surface area contributed by atoms with Crippen LogP contribution < -0.4 is 25.0 Å². The Labute approximate surface area is 214 Å². The topological polar surface area (TPSA) is 79.9 Å². The van der Waals surface area contributed by atoms with Gasteiger partial charge in [-0.25, -0.2) is 9.18 Å². The highest BCUT2D eigenvalue weighted by molar-refractivity contribution is 6.02. The zero-order valence-electron chi connectivity index (χ0n) is 20.2. The van der Waals surface area contributed by atoms with Gasteiger partial charge in [0.15, 0.2) is 0 Å². The molecule has 4 rings (SSSR count). The van der Waals surface area contributed by atoms with Gasteiger partial charge in [0.25, 0.3) is 5.91 Å². The summed E-state index contributed by atoms with van der Waals surface area (Å²) in [7, 11) is 1.55. The monoisotopic (exact) mass is 499 g/mol.